The lowest BCUT2D eigenvalue weighted by Crippen LogP contribution is -2.58. The molecule has 3 aliphatic carbocycles. The maximum Gasteiger partial charge on any atom is 0.255 e. The smallest absolute Gasteiger partial charge is 0.255 e. The Morgan fingerprint density at radius 3 is 2.41 bits per heavy atom. The first kappa shape index (κ1) is 26.1. The van der Waals surface area contributed by atoms with Gasteiger partial charge in [-0.25, -0.2) is 4.39 Å². The van der Waals surface area contributed by atoms with Crippen LogP contribution in [0, 0.1) is 17.7 Å². The Hall–Kier alpha value is -4.51. The molecular weight excluding hydrogens is 511 g/mol. The third-order valence-corrected chi connectivity index (χ3v) is 7.83. The molecule has 3 atom stereocenters. The van der Waals surface area contributed by atoms with Crippen molar-refractivity contribution in [1.29, 1.82) is 0 Å². The number of ketones is 2. The van der Waals surface area contributed by atoms with Crippen LogP contribution >= 0.6 is 0 Å². The van der Waals surface area contributed by atoms with Gasteiger partial charge in [-0.15, -0.1) is 0 Å². The van der Waals surface area contributed by atoms with Crippen molar-refractivity contribution in [3.05, 3.63) is 69.7 Å². The molecule has 3 aliphatic rings. The van der Waals surface area contributed by atoms with Crippen LogP contribution in [-0.4, -0.2) is 49.4 Å². The van der Waals surface area contributed by atoms with Crippen molar-refractivity contribution in [2.24, 2.45) is 17.6 Å². The number of aromatic hydroxyl groups is 1. The molecular formula is C28H25FN2O8. The van der Waals surface area contributed by atoms with E-state index in [1.807, 2.05) is 0 Å². The molecule has 2 aromatic rings. The van der Waals surface area contributed by atoms with Gasteiger partial charge in [-0.05, 0) is 53.6 Å². The van der Waals surface area contributed by atoms with Gasteiger partial charge in [-0.3, -0.25) is 19.2 Å². The molecule has 0 aliphatic heterocycles. The van der Waals surface area contributed by atoms with Crippen LogP contribution < -0.4 is 11.1 Å². The fourth-order valence-corrected chi connectivity index (χ4v) is 5.99. The summed E-state index contributed by atoms with van der Waals surface area (Å²) in [4.78, 5) is 49.6. The molecule has 2 aromatic carbocycles. The van der Waals surface area contributed by atoms with E-state index < -0.39 is 70.0 Å². The summed E-state index contributed by atoms with van der Waals surface area (Å²) in [5.41, 5.74) is 3.01. The van der Waals surface area contributed by atoms with E-state index in [2.05, 4.69) is 5.32 Å². The normalized spacial score (nSPS) is 24.2. The summed E-state index contributed by atoms with van der Waals surface area (Å²) in [5.74, 6) is -8.08. The number of carbonyl (C=O) groups is 4. The number of Topliss-reactive ketones (excluding diaryl/α,β-unsaturated/α-hetero) is 2. The molecule has 2 amide bonds. The summed E-state index contributed by atoms with van der Waals surface area (Å²) in [7, 11) is 0. The molecule has 1 saturated carbocycles. The van der Waals surface area contributed by atoms with E-state index >= 15 is 0 Å². The van der Waals surface area contributed by atoms with Crippen molar-refractivity contribution in [3.63, 3.8) is 0 Å². The van der Waals surface area contributed by atoms with Crippen LogP contribution in [0.5, 0.6) is 5.75 Å². The number of carbonyl (C=O) groups excluding carboxylic acids is 4. The average molecular weight is 537 g/mol. The number of phenolic OH excluding ortho intramolecular Hbond substituents is 1. The first-order valence-electron chi connectivity index (χ1n) is 12.2. The Kier molecular flexibility index (Phi) is 6.06. The highest BCUT2D eigenvalue weighted by molar-refractivity contribution is 6.22. The van der Waals surface area contributed by atoms with Crippen molar-refractivity contribution >= 4 is 29.1 Å². The molecule has 1 fully saturated rings. The van der Waals surface area contributed by atoms with E-state index in [-0.39, 0.29) is 42.0 Å². The Balaban J connectivity index is 1.74. The quantitative estimate of drug-likeness (QED) is 0.320. The van der Waals surface area contributed by atoms with Crippen LogP contribution in [0.25, 0.3) is 16.9 Å². The number of fused-ring (bicyclic) bond motifs is 3. The highest BCUT2D eigenvalue weighted by atomic mass is 19.1. The summed E-state index contributed by atoms with van der Waals surface area (Å²) >= 11 is 0. The number of hydrogen-bond donors (Lipinski definition) is 6. The molecule has 39 heavy (non-hydrogen) atoms. The van der Waals surface area contributed by atoms with E-state index in [4.69, 9.17) is 5.73 Å². The van der Waals surface area contributed by atoms with Crippen LogP contribution in [0.15, 0.2) is 47.2 Å². The third-order valence-electron chi connectivity index (χ3n) is 7.83. The van der Waals surface area contributed by atoms with Gasteiger partial charge >= 0.3 is 0 Å². The molecule has 0 heterocycles. The second-order valence-corrected chi connectivity index (χ2v) is 10.1. The Labute approximate surface area is 221 Å². The lowest BCUT2D eigenvalue weighted by atomic mass is 9.59. The van der Waals surface area contributed by atoms with Gasteiger partial charge in [0.15, 0.2) is 11.4 Å². The molecule has 5 rings (SSSR count). The minimum absolute atomic E-state index is 0.0137. The van der Waals surface area contributed by atoms with E-state index in [1.54, 1.807) is 6.07 Å². The largest absolute Gasteiger partial charge is 0.508 e. The van der Waals surface area contributed by atoms with E-state index in [0.29, 0.717) is 16.7 Å². The van der Waals surface area contributed by atoms with Crippen molar-refractivity contribution in [2.45, 2.75) is 38.3 Å². The summed E-state index contributed by atoms with van der Waals surface area (Å²) in [6, 6.07) is 7.12. The fraction of sp³-hybridized carbons (Fsp3) is 0.286. The van der Waals surface area contributed by atoms with Gasteiger partial charge in [0.1, 0.15) is 28.7 Å². The van der Waals surface area contributed by atoms with Crippen LogP contribution in [0.3, 0.4) is 0 Å². The van der Waals surface area contributed by atoms with Crippen LogP contribution in [-0.2, 0) is 32.1 Å². The predicted molar refractivity (Wildman–Crippen MR) is 134 cm³/mol. The molecule has 0 aromatic heterocycles. The number of aliphatic hydroxyl groups is 3. The Morgan fingerprint density at radius 1 is 1.13 bits per heavy atom. The number of nitrogens with two attached hydrogens (primary N) is 1. The number of primary amides is 1. The Bertz CT molecular complexity index is 1540. The number of benzene rings is 2. The van der Waals surface area contributed by atoms with E-state index in [9.17, 15) is 44.0 Å². The summed E-state index contributed by atoms with van der Waals surface area (Å²) < 4.78 is 13.7. The van der Waals surface area contributed by atoms with Gasteiger partial charge in [0, 0.05) is 36.9 Å². The molecule has 11 heteroatoms. The molecule has 0 radical (unpaired) electrons. The summed E-state index contributed by atoms with van der Waals surface area (Å²) in [6.07, 6.45) is -0.344. The Morgan fingerprint density at radius 2 is 1.79 bits per heavy atom. The monoisotopic (exact) mass is 536 g/mol. The van der Waals surface area contributed by atoms with E-state index in [0.717, 1.165) is 0 Å². The highest BCUT2D eigenvalue weighted by Gasteiger charge is 2.60. The number of amides is 2. The number of halogens is 1. The zero-order chi connectivity index (χ0) is 28.4. The molecule has 0 bridgehead atoms. The minimum Gasteiger partial charge on any atom is -0.508 e. The topological polar surface area (TPSA) is 187 Å². The number of aliphatic hydroxyl groups excluding tert-OH is 2. The number of rotatable bonds is 4. The van der Waals surface area contributed by atoms with Gasteiger partial charge < -0.3 is 31.5 Å². The standard InChI is InChI=1S/C28H25FN2O8/c1-11(32)31-10-14-8-17(12-2-4-16(29)5-3-12)18-7-13-6-15-9-19(33)22(27(30)38)26(37)28(15,39)25(36)20(13)24(35)21(18)23(14)34/h2-5,8,13,15,34-35,37,39H,6-7,9-10H2,1H3,(H2,30,38)(H,31,32). The highest BCUT2D eigenvalue weighted by Crippen LogP contribution is 2.53. The average Bonchev–Trinajstić information content (AvgIpc) is 2.86. The molecule has 10 nitrogen and oxygen atoms in total. The molecule has 7 N–H and O–H groups in total. The lowest BCUT2D eigenvalue weighted by Gasteiger charge is -2.46. The SMILES string of the molecule is CC(=O)NCc1cc(-c2ccc(F)cc2)c2c(c1O)C(O)=C1C(=O)C3(O)C(O)=C(C(N)=O)C(=O)CC3CC1C2. The van der Waals surface area contributed by atoms with Crippen LogP contribution in [0.4, 0.5) is 4.39 Å². The first-order chi connectivity index (χ1) is 18.4. The summed E-state index contributed by atoms with van der Waals surface area (Å²) in [6.45, 7) is 1.16. The zero-order valence-electron chi connectivity index (χ0n) is 20.7. The molecule has 3 unspecified atom stereocenters. The van der Waals surface area contributed by atoms with Gasteiger partial charge in [0.25, 0.3) is 5.91 Å². The number of hydrogen-bond acceptors (Lipinski definition) is 8. The van der Waals surface area contributed by atoms with Crippen molar-refractivity contribution < 1.29 is 44.0 Å². The lowest BCUT2D eigenvalue weighted by molar-refractivity contribution is -0.147. The maximum atomic E-state index is 13.7. The molecule has 0 spiro atoms. The zero-order valence-corrected chi connectivity index (χ0v) is 20.7. The maximum absolute atomic E-state index is 13.7. The fourth-order valence-electron chi connectivity index (χ4n) is 5.99. The molecule has 202 valence electrons. The summed E-state index contributed by atoms with van der Waals surface area (Å²) in [5, 5.41) is 47.3. The number of nitrogens with one attached hydrogen (secondary N) is 1. The second-order valence-electron chi connectivity index (χ2n) is 10.1. The van der Waals surface area contributed by atoms with E-state index in [1.165, 1.54) is 31.2 Å². The van der Waals surface area contributed by atoms with Crippen molar-refractivity contribution in [1.82, 2.24) is 5.32 Å². The van der Waals surface area contributed by atoms with Crippen LogP contribution in [0.2, 0.25) is 0 Å². The van der Waals surface area contributed by atoms with Crippen LogP contribution in [0.1, 0.15) is 36.5 Å². The van der Waals surface area contributed by atoms with Gasteiger partial charge in [-0.1, -0.05) is 12.1 Å². The van der Waals surface area contributed by atoms with Crippen molar-refractivity contribution in [2.75, 3.05) is 0 Å². The third kappa shape index (κ3) is 3.88. The number of phenols is 1. The van der Waals surface area contributed by atoms with Gasteiger partial charge in [-0.2, -0.15) is 0 Å². The minimum atomic E-state index is -2.67. The second kappa shape index (κ2) is 9.05. The van der Waals surface area contributed by atoms with Gasteiger partial charge in [0.2, 0.25) is 11.7 Å². The molecule has 0 saturated heterocycles. The van der Waals surface area contributed by atoms with Crippen molar-refractivity contribution in [3.8, 4) is 16.9 Å². The van der Waals surface area contributed by atoms with Gasteiger partial charge in [0.05, 0.1) is 5.56 Å². The first-order valence-corrected chi connectivity index (χ1v) is 12.2. The predicted octanol–water partition coefficient (Wildman–Crippen LogP) is 1.87.